The second-order valence-electron chi connectivity index (χ2n) is 9.75. The number of carboxylic acid groups (broad SMARTS) is 1. The second kappa shape index (κ2) is 11.7. The Hall–Kier alpha value is -3.94. The van der Waals surface area contributed by atoms with Crippen LogP contribution >= 0.6 is 0 Å². The van der Waals surface area contributed by atoms with Gasteiger partial charge in [0, 0.05) is 30.0 Å². The van der Waals surface area contributed by atoms with Gasteiger partial charge < -0.3 is 20.5 Å². The summed E-state index contributed by atoms with van der Waals surface area (Å²) in [7, 11) is 0. The van der Waals surface area contributed by atoms with Crippen LogP contribution in [0.1, 0.15) is 51.2 Å². The van der Waals surface area contributed by atoms with Gasteiger partial charge in [-0.2, -0.15) is 0 Å². The Morgan fingerprint density at radius 3 is 2.39 bits per heavy atom. The minimum absolute atomic E-state index is 0.0320. The Balaban J connectivity index is 1.80. The van der Waals surface area contributed by atoms with Gasteiger partial charge in [0.05, 0.1) is 11.8 Å². The van der Waals surface area contributed by atoms with Crippen LogP contribution in [-0.2, 0) is 20.7 Å². The van der Waals surface area contributed by atoms with Gasteiger partial charge in [-0.25, -0.2) is 4.79 Å². The van der Waals surface area contributed by atoms with Crippen LogP contribution in [0.3, 0.4) is 0 Å². The molecule has 3 N–H and O–H groups in total. The predicted molar refractivity (Wildman–Crippen MR) is 139 cm³/mol. The number of aromatic nitrogens is 1. The summed E-state index contributed by atoms with van der Waals surface area (Å²) in [5.74, 6) is -2.27. The normalized spacial score (nSPS) is 13.0. The second-order valence-corrected chi connectivity index (χ2v) is 9.75. The van der Waals surface area contributed by atoms with Gasteiger partial charge >= 0.3 is 12.1 Å². The molecule has 2 amide bonds. The fraction of sp³-hybridized carbons (Fsp3) is 0.357. The molecule has 8 nitrogen and oxygen atoms in total. The van der Waals surface area contributed by atoms with Gasteiger partial charge in [-0.15, -0.1) is 0 Å². The summed E-state index contributed by atoms with van der Waals surface area (Å²) < 4.78 is 5.32. The van der Waals surface area contributed by atoms with Crippen LogP contribution in [-0.4, -0.2) is 40.2 Å². The summed E-state index contributed by atoms with van der Waals surface area (Å²) >= 11 is 0. The Morgan fingerprint density at radius 1 is 1.03 bits per heavy atom. The van der Waals surface area contributed by atoms with Crippen LogP contribution in [0.25, 0.3) is 10.8 Å². The molecule has 2 aromatic carbocycles. The van der Waals surface area contributed by atoms with E-state index in [-0.39, 0.29) is 12.5 Å². The molecule has 0 saturated heterocycles. The molecule has 0 radical (unpaired) electrons. The van der Waals surface area contributed by atoms with E-state index in [2.05, 4.69) is 15.6 Å². The monoisotopic (exact) mass is 491 g/mol. The SMILES string of the molecule is CCC(Cc1ccc(C(CNC(=O)OC(C)(C)C)C(=O)Nc2ccc3cnccc3c2)cc1)C(=O)O. The number of hydrogen-bond acceptors (Lipinski definition) is 5. The summed E-state index contributed by atoms with van der Waals surface area (Å²) in [6.45, 7) is 7.19. The molecule has 0 fully saturated rings. The van der Waals surface area contributed by atoms with Crippen LogP contribution in [0.15, 0.2) is 60.9 Å². The van der Waals surface area contributed by atoms with Crippen molar-refractivity contribution in [1.29, 1.82) is 0 Å². The van der Waals surface area contributed by atoms with Gasteiger partial charge in [0.15, 0.2) is 0 Å². The minimum atomic E-state index is -0.827. The van der Waals surface area contributed by atoms with Crippen LogP contribution < -0.4 is 10.6 Å². The third-order valence-electron chi connectivity index (χ3n) is 5.78. The average Bonchev–Trinajstić information content (AvgIpc) is 2.82. The van der Waals surface area contributed by atoms with Crippen LogP contribution in [0.5, 0.6) is 0 Å². The number of nitrogens with one attached hydrogen (secondary N) is 2. The zero-order valence-corrected chi connectivity index (χ0v) is 21.1. The lowest BCUT2D eigenvalue weighted by molar-refractivity contribution is -0.141. The Bertz CT molecular complexity index is 1220. The summed E-state index contributed by atoms with van der Waals surface area (Å²) in [4.78, 5) is 41.1. The van der Waals surface area contributed by atoms with Crippen molar-refractivity contribution in [1.82, 2.24) is 10.3 Å². The fourth-order valence-corrected chi connectivity index (χ4v) is 3.83. The van der Waals surface area contributed by atoms with E-state index in [4.69, 9.17) is 4.74 Å². The lowest BCUT2D eigenvalue weighted by Crippen LogP contribution is -2.37. The Kier molecular flexibility index (Phi) is 8.64. The molecule has 0 spiro atoms. The molecule has 190 valence electrons. The third-order valence-corrected chi connectivity index (χ3v) is 5.78. The maximum atomic E-state index is 13.4. The van der Waals surface area contributed by atoms with E-state index in [0.29, 0.717) is 24.1 Å². The molecule has 8 heteroatoms. The number of anilines is 1. The van der Waals surface area contributed by atoms with E-state index in [1.54, 1.807) is 51.4 Å². The number of pyridine rings is 1. The number of amides is 2. The maximum absolute atomic E-state index is 13.4. The number of carbonyl (C=O) groups is 3. The molecule has 0 aliphatic rings. The number of rotatable bonds is 9. The average molecular weight is 492 g/mol. The molecule has 36 heavy (non-hydrogen) atoms. The molecule has 2 unspecified atom stereocenters. The number of benzene rings is 2. The molecule has 0 saturated carbocycles. The number of aliphatic carboxylic acids is 1. The first-order chi connectivity index (χ1) is 17.1. The zero-order chi connectivity index (χ0) is 26.3. The first kappa shape index (κ1) is 26.7. The smallest absolute Gasteiger partial charge is 0.407 e. The van der Waals surface area contributed by atoms with Gasteiger partial charge in [0.2, 0.25) is 5.91 Å². The summed E-state index contributed by atoms with van der Waals surface area (Å²) in [5, 5.41) is 16.9. The van der Waals surface area contributed by atoms with E-state index >= 15 is 0 Å². The van der Waals surface area contributed by atoms with Gasteiger partial charge in [-0.1, -0.05) is 37.3 Å². The predicted octanol–water partition coefficient (Wildman–Crippen LogP) is 5.14. The zero-order valence-electron chi connectivity index (χ0n) is 21.1. The van der Waals surface area contributed by atoms with Crippen molar-refractivity contribution in [2.24, 2.45) is 5.92 Å². The Morgan fingerprint density at radius 2 is 1.75 bits per heavy atom. The molecule has 0 aliphatic carbocycles. The highest BCUT2D eigenvalue weighted by Gasteiger charge is 2.24. The molecule has 3 rings (SSSR count). The summed E-state index contributed by atoms with van der Waals surface area (Å²) in [6.07, 6.45) is 3.77. The summed E-state index contributed by atoms with van der Waals surface area (Å²) in [6, 6.07) is 14.7. The molecular weight excluding hydrogens is 458 g/mol. The lowest BCUT2D eigenvalue weighted by atomic mass is 9.93. The van der Waals surface area contributed by atoms with Crippen molar-refractivity contribution in [3.05, 3.63) is 72.1 Å². The van der Waals surface area contributed by atoms with Crippen molar-refractivity contribution >= 4 is 34.4 Å². The third kappa shape index (κ3) is 7.53. The van der Waals surface area contributed by atoms with Crippen LogP contribution in [0.4, 0.5) is 10.5 Å². The van der Waals surface area contributed by atoms with Crippen LogP contribution in [0.2, 0.25) is 0 Å². The number of alkyl carbamates (subject to hydrolysis) is 1. The molecule has 3 aromatic rings. The quantitative estimate of drug-likeness (QED) is 0.382. The minimum Gasteiger partial charge on any atom is -0.481 e. The fourth-order valence-electron chi connectivity index (χ4n) is 3.83. The van der Waals surface area contributed by atoms with Gasteiger partial charge in [0.1, 0.15) is 5.60 Å². The first-order valence-electron chi connectivity index (χ1n) is 12.0. The van der Waals surface area contributed by atoms with Crippen molar-refractivity contribution < 1.29 is 24.2 Å². The number of nitrogens with zero attached hydrogens (tertiary/aromatic N) is 1. The maximum Gasteiger partial charge on any atom is 0.407 e. The highest BCUT2D eigenvalue weighted by Crippen LogP contribution is 2.23. The van der Waals surface area contributed by atoms with E-state index in [1.807, 2.05) is 37.3 Å². The van der Waals surface area contributed by atoms with Gasteiger partial charge in [-0.3, -0.25) is 14.6 Å². The van der Waals surface area contributed by atoms with Crippen LogP contribution in [0, 0.1) is 5.92 Å². The molecule has 1 aromatic heterocycles. The number of carbonyl (C=O) groups excluding carboxylic acids is 2. The van der Waals surface area contributed by atoms with Crippen molar-refractivity contribution in [3.8, 4) is 0 Å². The molecule has 2 atom stereocenters. The number of carboxylic acids is 1. The van der Waals surface area contributed by atoms with E-state index in [1.165, 1.54) is 0 Å². The number of hydrogen-bond donors (Lipinski definition) is 3. The lowest BCUT2D eigenvalue weighted by Gasteiger charge is -2.22. The van der Waals surface area contributed by atoms with Crippen molar-refractivity contribution in [2.75, 3.05) is 11.9 Å². The Labute approximate surface area is 211 Å². The number of fused-ring (bicyclic) bond motifs is 1. The topological polar surface area (TPSA) is 118 Å². The highest BCUT2D eigenvalue weighted by molar-refractivity contribution is 5.98. The molecule has 1 heterocycles. The standard InChI is InChI=1S/C28H33N3O5/c1-5-19(26(33)34)14-18-6-8-20(9-7-18)24(17-30-27(35)36-28(2,3)4)25(32)31-23-11-10-22-16-29-13-12-21(22)15-23/h6-13,15-16,19,24H,5,14,17H2,1-4H3,(H,30,35)(H,31,32)(H,33,34). The number of ether oxygens (including phenoxy) is 1. The van der Waals surface area contributed by atoms with Crippen molar-refractivity contribution in [3.63, 3.8) is 0 Å². The highest BCUT2D eigenvalue weighted by atomic mass is 16.6. The van der Waals surface area contributed by atoms with Crippen molar-refractivity contribution in [2.45, 2.75) is 52.1 Å². The molecule has 0 bridgehead atoms. The van der Waals surface area contributed by atoms with E-state index in [0.717, 1.165) is 16.3 Å². The largest absolute Gasteiger partial charge is 0.481 e. The van der Waals surface area contributed by atoms with E-state index in [9.17, 15) is 19.5 Å². The molecular formula is C28H33N3O5. The summed E-state index contributed by atoms with van der Waals surface area (Å²) in [5.41, 5.74) is 1.53. The van der Waals surface area contributed by atoms with Gasteiger partial charge in [-0.05, 0) is 68.3 Å². The van der Waals surface area contributed by atoms with E-state index < -0.39 is 29.5 Å². The van der Waals surface area contributed by atoms with Gasteiger partial charge in [0.25, 0.3) is 0 Å². The molecule has 0 aliphatic heterocycles. The first-order valence-corrected chi connectivity index (χ1v) is 12.0.